The van der Waals surface area contributed by atoms with Crippen LogP contribution in [-0.2, 0) is 16.0 Å². The minimum absolute atomic E-state index is 0.246. The van der Waals surface area contributed by atoms with E-state index in [0.717, 1.165) is 0 Å². The van der Waals surface area contributed by atoms with Gasteiger partial charge in [0.2, 0.25) is 0 Å². The molecule has 2 rings (SSSR count). The van der Waals surface area contributed by atoms with Crippen molar-refractivity contribution in [2.45, 2.75) is 20.4 Å². The van der Waals surface area contributed by atoms with Gasteiger partial charge in [0.05, 0.1) is 32.1 Å². The van der Waals surface area contributed by atoms with Crippen molar-refractivity contribution in [3.05, 3.63) is 40.3 Å². The van der Waals surface area contributed by atoms with Crippen LogP contribution in [0.1, 0.15) is 29.3 Å². The summed E-state index contributed by atoms with van der Waals surface area (Å²) < 4.78 is 15.6. The number of amides is 2. The van der Waals surface area contributed by atoms with Crippen LogP contribution in [0.3, 0.4) is 0 Å². The molecule has 1 aromatic heterocycles. The topological polar surface area (TPSA) is 90.0 Å². The molecule has 2 amide bonds. The molecular weight excluding hydrogens is 382 g/mol. The molecule has 0 aliphatic rings. The summed E-state index contributed by atoms with van der Waals surface area (Å²) in [5.41, 5.74) is 0.832. The van der Waals surface area contributed by atoms with Gasteiger partial charge < -0.3 is 24.4 Å². The van der Waals surface area contributed by atoms with Gasteiger partial charge in [-0.25, -0.2) is 14.6 Å². The minimum Gasteiger partial charge on any atom is -0.492 e. The van der Waals surface area contributed by atoms with Crippen molar-refractivity contribution in [3.8, 4) is 5.75 Å². The second kappa shape index (κ2) is 11.3. The van der Waals surface area contributed by atoms with Gasteiger partial charge in [-0.05, 0) is 26.0 Å². The highest BCUT2D eigenvalue weighted by Gasteiger charge is 2.19. The highest BCUT2D eigenvalue weighted by atomic mass is 32.1. The van der Waals surface area contributed by atoms with E-state index in [1.165, 1.54) is 11.3 Å². The summed E-state index contributed by atoms with van der Waals surface area (Å²) in [5.74, 6) is 0.132. The molecule has 0 atom stereocenters. The number of rotatable bonds is 10. The fraction of sp³-hybridized carbons (Fsp3) is 0.421. The molecule has 0 saturated heterocycles. The Balaban J connectivity index is 2.10. The van der Waals surface area contributed by atoms with E-state index in [1.807, 2.05) is 19.1 Å². The van der Waals surface area contributed by atoms with Gasteiger partial charge in [0.1, 0.15) is 10.8 Å². The van der Waals surface area contributed by atoms with Gasteiger partial charge in [-0.2, -0.15) is 0 Å². The maximum atomic E-state index is 12.8. The summed E-state index contributed by atoms with van der Waals surface area (Å²) in [5, 5.41) is 5.13. The molecule has 0 spiro atoms. The second-order valence-corrected chi connectivity index (χ2v) is 6.56. The first-order valence-corrected chi connectivity index (χ1v) is 9.85. The Morgan fingerprint density at radius 3 is 2.71 bits per heavy atom. The van der Waals surface area contributed by atoms with Crippen LogP contribution in [0.15, 0.2) is 29.6 Å². The Labute approximate surface area is 168 Å². The molecule has 8 nitrogen and oxygen atoms in total. The first-order chi connectivity index (χ1) is 13.6. The highest BCUT2D eigenvalue weighted by Crippen LogP contribution is 2.24. The predicted molar refractivity (Wildman–Crippen MR) is 107 cm³/mol. The maximum absolute atomic E-state index is 12.8. The molecule has 1 N–H and O–H groups in total. The molecule has 9 heteroatoms. The van der Waals surface area contributed by atoms with E-state index < -0.39 is 5.97 Å². The van der Waals surface area contributed by atoms with Crippen molar-refractivity contribution >= 4 is 29.0 Å². The first-order valence-electron chi connectivity index (χ1n) is 8.97. The molecule has 1 heterocycles. The van der Waals surface area contributed by atoms with Gasteiger partial charge in [-0.1, -0.05) is 12.1 Å². The molecular formula is C19H25N3O5S. The molecule has 0 fully saturated rings. The summed E-state index contributed by atoms with van der Waals surface area (Å²) in [6.07, 6.45) is 0. The number of para-hydroxylation sites is 2. The van der Waals surface area contributed by atoms with Crippen molar-refractivity contribution in [1.29, 1.82) is 0 Å². The van der Waals surface area contributed by atoms with Gasteiger partial charge in [-0.15, -0.1) is 11.3 Å². The monoisotopic (exact) mass is 407 g/mol. The van der Waals surface area contributed by atoms with E-state index in [0.29, 0.717) is 36.2 Å². The lowest BCUT2D eigenvalue weighted by Crippen LogP contribution is -2.37. The van der Waals surface area contributed by atoms with Crippen molar-refractivity contribution in [1.82, 2.24) is 9.88 Å². The van der Waals surface area contributed by atoms with Gasteiger partial charge >= 0.3 is 12.0 Å². The number of nitrogens with one attached hydrogen (secondary N) is 1. The normalized spacial score (nSPS) is 10.4. The van der Waals surface area contributed by atoms with Crippen LogP contribution < -0.4 is 10.1 Å². The van der Waals surface area contributed by atoms with Crippen LogP contribution in [0.5, 0.6) is 5.75 Å². The molecule has 0 bridgehead atoms. The lowest BCUT2D eigenvalue weighted by Gasteiger charge is -2.22. The molecule has 1 aromatic carbocycles. The van der Waals surface area contributed by atoms with Crippen molar-refractivity contribution in [2.75, 3.05) is 38.8 Å². The van der Waals surface area contributed by atoms with Crippen molar-refractivity contribution in [3.63, 3.8) is 0 Å². The number of thiazole rings is 1. The largest absolute Gasteiger partial charge is 0.492 e. The number of ether oxygens (including phenoxy) is 3. The smallest absolute Gasteiger partial charge is 0.357 e. The molecule has 0 unspecified atom stereocenters. The predicted octanol–water partition coefficient (Wildman–Crippen LogP) is 3.40. The number of nitrogens with zero attached hydrogens (tertiary/aromatic N) is 2. The number of carbonyl (C=O) groups excluding carboxylic acids is 2. The summed E-state index contributed by atoms with van der Waals surface area (Å²) in [7, 11) is 1.57. The highest BCUT2D eigenvalue weighted by molar-refractivity contribution is 7.09. The van der Waals surface area contributed by atoms with Crippen LogP contribution in [0.4, 0.5) is 10.5 Å². The minimum atomic E-state index is -0.469. The van der Waals surface area contributed by atoms with Gasteiger partial charge in [-0.3, -0.25) is 0 Å². The van der Waals surface area contributed by atoms with Gasteiger partial charge in [0.25, 0.3) is 0 Å². The standard InChI is InChI=1S/C19H25N3O5S/c1-4-26-16-9-7-6-8-14(16)21-19(24)22(10-11-25-3)12-17-20-15(13-28-17)18(23)27-5-2/h6-9,13H,4-5,10-12H2,1-3H3,(H,21,24). The average Bonchev–Trinajstić information content (AvgIpc) is 3.16. The Morgan fingerprint density at radius 1 is 1.21 bits per heavy atom. The van der Waals surface area contributed by atoms with E-state index in [1.54, 1.807) is 36.4 Å². The van der Waals surface area contributed by atoms with Crippen molar-refractivity contribution < 1.29 is 23.8 Å². The lowest BCUT2D eigenvalue weighted by atomic mass is 10.3. The molecule has 0 radical (unpaired) electrons. The zero-order valence-corrected chi connectivity index (χ0v) is 17.1. The van der Waals surface area contributed by atoms with Gasteiger partial charge in [0.15, 0.2) is 5.69 Å². The summed E-state index contributed by atoms with van der Waals surface area (Å²) in [6, 6.07) is 6.93. The molecule has 0 saturated carbocycles. The van der Waals surface area contributed by atoms with E-state index >= 15 is 0 Å². The van der Waals surface area contributed by atoms with E-state index in [4.69, 9.17) is 14.2 Å². The third-order valence-corrected chi connectivity index (χ3v) is 4.48. The lowest BCUT2D eigenvalue weighted by molar-refractivity contribution is 0.0520. The number of methoxy groups -OCH3 is 1. The quantitative estimate of drug-likeness (QED) is 0.607. The molecule has 0 aliphatic heterocycles. The molecule has 152 valence electrons. The number of esters is 1. The summed E-state index contributed by atoms with van der Waals surface area (Å²) in [4.78, 5) is 30.4. The third kappa shape index (κ3) is 6.21. The fourth-order valence-electron chi connectivity index (χ4n) is 2.34. The summed E-state index contributed by atoms with van der Waals surface area (Å²) >= 11 is 1.30. The number of benzene rings is 1. The third-order valence-electron chi connectivity index (χ3n) is 3.64. The summed E-state index contributed by atoms with van der Waals surface area (Å²) in [6.45, 7) is 5.39. The van der Waals surface area contributed by atoms with Crippen molar-refractivity contribution in [2.24, 2.45) is 0 Å². The number of hydrogen-bond donors (Lipinski definition) is 1. The Morgan fingerprint density at radius 2 is 2.00 bits per heavy atom. The van der Waals surface area contributed by atoms with Crippen LogP contribution in [-0.4, -0.2) is 55.4 Å². The average molecular weight is 407 g/mol. The zero-order chi connectivity index (χ0) is 20.4. The fourth-order valence-corrected chi connectivity index (χ4v) is 3.12. The van der Waals surface area contributed by atoms with E-state index in [-0.39, 0.29) is 24.9 Å². The van der Waals surface area contributed by atoms with Crippen LogP contribution >= 0.6 is 11.3 Å². The number of urea groups is 1. The number of hydrogen-bond acceptors (Lipinski definition) is 7. The van der Waals surface area contributed by atoms with E-state index in [2.05, 4.69) is 10.3 Å². The number of aromatic nitrogens is 1. The number of carbonyl (C=O) groups is 2. The maximum Gasteiger partial charge on any atom is 0.357 e. The van der Waals surface area contributed by atoms with Crippen LogP contribution in [0.25, 0.3) is 0 Å². The van der Waals surface area contributed by atoms with Crippen LogP contribution in [0.2, 0.25) is 0 Å². The number of anilines is 1. The Hall–Kier alpha value is -2.65. The second-order valence-electron chi connectivity index (χ2n) is 5.62. The van der Waals surface area contributed by atoms with Crippen LogP contribution in [0, 0.1) is 0 Å². The molecule has 28 heavy (non-hydrogen) atoms. The SMILES string of the molecule is CCOC(=O)c1csc(CN(CCOC)C(=O)Nc2ccccc2OCC)n1. The zero-order valence-electron chi connectivity index (χ0n) is 16.3. The van der Waals surface area contributed by atoms with E-state index in [9.17, 15) is 9.59 Å². The Bertz CT molecular complexity index is 780. The Kier molecular flexibility index (Phi) is 8.70. The van der Waals surface area contributed by atoms with Gasteiger partial charge in [0, 0.05) is 19.0 Å². The first kappa shape index (κ1) is 21.6. The molecule has 2 aromatic rings. The molecule has 0 aliphatic carbocycles.